The number of hydrogen-bond acceptors (Lipinski definition) is 3. The lowest BCUT2D eigenvalue weighted by molar-refractivity contribution is -0.136. The predicted octanol–water partition coefficient (Wildman–Crippen LogP) is 2.41. The number of nitrogens with zero attached hydrogens (tertiary/aromatic N) is 1. The number of carboxylic acids is 1. The number of aromatic nitrogens is 1. The van der Waals surface area contributed by atoms with Crippen LogP contribution in [0.25, 0.3) is 11.0 Å². The highest BCUT2D eigenvalue weighted by Gasteiger charge is 2.07. The standard InChI is InChI=1S/C12H13NO3/c1-2-10-9-7-8(4-6-12(14)15)3-5-11(9)16-13-10/h3,5,7H,2,4,6H2,1H3,(H,14,15). The molecule has 0 spiro atoms. The smallest absolute Gasteiger partial charge is 0.303 e. The van der Waals surface area contributed by atoms with Crippen LogP contribution in [-0.2, 0) is 17.6 Å². The second-order valence-electron chi connectivity index (χ2n) is 3.71. The number of aliphatic carboxylic acids is 1. The average Bonchev–Trinajstić information content (AvgIpc) is 2.68. The minimum atomic E-state index is -0.777. The highest BCUT2D eigenvalue weighted by molar-refractivity contribution is 5.80. The summed E-state index contributed by atoms with van der Waals surface area (Å²) < 4.78 is 5.15. The second kappa shape index (κ2) is 4.35. The Labute approximate surface area is 92.9 Å². The summed E-state index contributed by atoms with van der Waals surface area (Å²) in [5.74, 6) is -0.777. The lowest BCUT2D eigenvalue weighted by atomic mass is 10.1. The summed E-state index contributed by atoms with van der Waals surface area (Å²) >= 11 is 0. The Kier molecular flexibility index (Phi) is 2.90. The van der Waals surface area contributed by atoms with Crippen molar-refractivity contribution in [3.63, 3.8) is 0 Å². The van der Waals surface area contributed by atoms with Gasteiger partial charge in [0.2, 0.25) is 0 Å². The Hall–Kier alpha value is -1.84. The first kappa shape index (κ1) is 10.7. The van der Waals surface area contributed by atoms with Crippen LogP contribution in [0, 0.1) is 0 Å². The number of hydrogen-bond donors (Lipinski definition) is 1. The van der Waals surface area contributed by atoms with Gasteiger partial charge in [-0.2, -0.15) is 0 Å². The molecule has 1 aromatic heterocycles. The van der Waals surface area contributed by atoms with Gasteiger partial charge in [-0.05, 0) is 30.5 Å². The maximum Gasteiger partial charge on any atom is 0.303 e. The SMILES string of the molecule is CCc1noc2ccc(CCC(=O)O)cc12. The zero-order valence-corrected chi connectivity index (χ0v) is 9.06. The van der Waals surface area contributed by atoms with Gasteiger partial charge < -0.3 is 9.63 Å². The Balaban J connectivity index is 2.30. The van der Waals surface area contributed by atoms with Crippen LogP contribution in [0.5, 0.6) is 0 Å². The van der Waals surface area contributed by atoms with Crippen LogP contribution in [0.15, 0.2) is 22.7 Å². The fourth-order valence-corrected chi connectivity index (χ4v) is 1.70. The van der Waals surface area contributed by atoms with Gasteiger partial charge >= 0.3 is 5.97 Å². The Morgan fingerprint density at radius 1 is 1.50 bits per heavy atom. The van der Waals surface area contributed by atoms with Crippen LogP contribution in [0.4, 0.5) is 0 Å². The zero-order chi connectivity index (χ0) is 11.5. The van der Waals surface area contributed by atoms with Gasteiger partial charge in [-0.3, -0.25) is 4.79 Å². The topological polar surface area (TPSA) is 63.3 Å². The van der Waals surface area contributed by atoms with E-state index < -0.39 is 5.97 Å². The van der Waals surface area contributed by atoms with Gasteiger partial charge in [0.05, 0.1) is 5.69 Å². The first-order valence-electron chi connectivity index (χ1n) is 5.29. The van der Waals surface area contributed by atoms with Gasteiger partial charge in [-0.1, -0.05) is 18.1 Å². The van der Waals surface area contributed by atoms with Crippen molar-refractivity contribution in [2.45, 2.75) is 26.2 Å². The number of aryl methyl sites for hydroxylation is 2. The molecule has 1 N–H and O–H groups in total. The molecule has 1 aromatic carbocycles. The lowest BCUT2D eigenvalue weighted by Crippen LogP contribution is -1.97. The summed E-state index contributed by atoms with van der Waals surface area (Å²) in [6, 6.07) is 5.70. The van der Waals surface area contributed by atoms with Gasteiger partial charge in [0.25, 0.3) is 0 Å². The molecule has 0 atom stereocenters. The van der Waals surface area contributed by atoms with E-state index in [4.69, 9.17) is 9.63 Å². The number of fused-ring (bicyclic) bond motifs is 1. The van der Waals surface area contributed by atoms with Gasteiger partial charge in [0, 0.05) is 11.8 Å². The maximum atomic E-state index is 10.5. The van der Waals surface area contributed by atoms with Gasteiger partial charge in [0.1, 0.15) is 0 Å². The van der Waals surface area contributed by atoms with E-state index >= 15 is 0 Å². The van der Waals surface area contributed by atoms with Crippen molar-refractivity contribution in [1.29, 1.82) is 0 Å². The van der Waals surface area contributed by atoms with E-state index in [0.29, 0.717) is 6.42 Å². The maximum absolute atomic E-state index is 10.5. The number of rotatable bonds is 4. The molecule has 4 nitrogen and oxygen atoms in total. The molecule has 0 aliphatic rings. The quantitative estimate of drug-likeness (QED) is 0.857. The molecule has 0 unspecified atom stereocenters. The second-order valence-corrected chi connectivity index (χ2v) is 3.71. The van der Waals surface area contributed by atoms with Gasteiger partial charge in [-0.25, -0.2) is 0 Å². The fraction of sp³-hybridized carbons (Fsp3) is 0.333. The summed E-state index contributed by atoms with van der Waals surface area (Å²) in [6.45, 7) is 2.02. The lowest BCUT2D eigenvalue weighted by Gasteiger charge is -1.98. The molecule has 0 aliphatic carbocycles. The third-order valence-electron chi connectivity index (χ3n) is 2.57. The van der Waals surface area contributed by atoms with Crippen molar-refractivity contribution in [2.24, 2.45) is 0 Å². The summed E-state index contributed by atoms with van der Waals surface area (Å²) in [4.78, 5) is 10.5. The summed E-state index contributed by atoms with van der Waals surface area (Å²) in [7, 11) is 0. The monoisotopic (exact) mass is 219 g/mol. The Morgan fingerprint density at radius 2 is 2.31 bits per heavy atom. The molecule has 0 saturated carbocycles. The van der Waals surface area contributed by atoms with E-state index in [1.54, 1.807) is 0 Å². The molecule has 0 amide bonds. The van der Waals surface area contributed by atoms with E-state index in [1.807, 2.05) is 25.1 Å². The largest absolute Gasteiger partial charge is 0.481 e. The molecule has 0 aliphatic heterocycles. The van der Waals surface area contributed by atoms with Crippen molar-refractivity contribution >= 4 is 16.9 Å². The molecular weight excluding hydrogens is 206 g/mol. The minimum absolute atomic E-state index is 0.151. The fourth-order valence-electron chi connectivity index (χ4n) is 1.70. The highest BCUT2D eigenvalue weighted by atomic mass is 16.5. The van der Waals surface area contributed by atoms with Gasteiger partial charge in [0.15, 0.2) is 5.58 Å². The predicted molar refractivity (Wildman–Crippen MR) is 59.3 cm³/mol. The summed E-state index contributed by atoms with van der Waals surface area (Å²) in [6.07, 6.45) is 1.51. The molecule has 16 heavy (non-hydrogen) atoms. The van der Waals surface area contributed by atoms with Crippen molar-refractivity contribution in [1.82, 2.24) is 5.16 Å². The first-order chi connectivity index (χ1) is 7.70. The van der Waals surface area contributed by atoms with E-state index in [2.05, 4.69) is 5.16 Å². The highest BCUT2D eigenvalue weighted by Crippen LogP contribution is 2.21. The minimum Gasteiger partial charge on any atom is -0.481 e. The van der Waals surface area contributed by atoms with E-state index in [0.717, 1.165) is 28.6 Å². The molecule has 0 bridgehead atoms. The van der Waals surface area contributed by atoms with E-state index in [1.165, 1.54) is 0 Å². The average molecular weight is 219 g/mol. The normalized spacial score (nSPS) is 10.8. The van der Waals surface area contributed by atoms with Crippen molar-refractivity contribution < 1.29 is 14.4 Å². The summed E-state index contributed by atoms with van der Waals surface area (Å²) in [5.41, 5.74) is 2.69. The molecule has 2 rings (SSSR count). The Bertz CT molecular complexity index is 516. The van der Waals surface area contributed by atoms with Crippen LogP contribution in [0.3, 0.4) is 0 Å². The molecule has 0 fully saturated rings. The number of carboxylic acid groups (broad SMARTS) is 1. The van der Waals surface area contributed by atoms with E-state index in [9.17, 15) is 4.79 Å². The zero-order valence-electron chi connectivity index (χ0n) is 9.06. The van der Waals surface area contributed by atoms with Crippen LogP contribution in [0.1, 0.15) is 24.6 Å². The first-order valence-corrected chi connectivity index (χ1v) is 5.29. The molecule has 0 radical (unpaired) electrons. The summed E-state index contributed by atoms with van der Waals surface area (Å²) in [5, 5.41) is 13.6. The van der Waals surface area contributed by atoms with Crippen molar-refractivity contribution in [3.05, 3.63) is 29.5 Å². The molecule has 0 saturated heterocycles. The van der Waals surface area contributed by atoms with Crippen LogP contribution >= 0.6 is 0 Å². The van der Waals surface area contributed by atoms with Crippen molar-refractivity contribution in [3.8, 4) is 0 Å². The third kappa shape index (κ3) is 2.05. The van der Waals surface area contributed by atoms with E-state index in [-0.39, 0.29) is 6.42 Å². The van der Waals surface area contributed by atoms with Crippen LogP contribution in [-0.4, -0.2) is 16.2 Å². The molecule has 2 aromatic rings. The molecule has 1 heterocycles. The molecular formula is C12H13NO3. The third-order valence-corrected chi connectivity index (χ3v) is 2.57. The van der Waals surface area contributed by atoms with Crippen molar-refractivity contribution in [2.75, 3.05) is 0 Å². The van der Waals surface area contributed by atoms with Crippen LogP contribution in [0.2, 0.25) is 0 Å². The molecule has 84 valence electrons. The Morgan fingerprint density at radius 3 is 3.00 bits per heavy atom. The number of benzene rings is 1. The van der Waals surface area contributed by atoms with Gasteiger partial charge in [-0.15, -0.1) is 0 Å². The van der Waals surface area contributed by atoms with Crippen LogP contribution < -0.4 is 0 Å². The molecule has 4 heteroatoms. The number of carbonyl (C=O) groups is 1.